The van der Waals surface area contributed by atoms with Crippen LogP contribution in [0.5, 0.6) is 0 Å². The van der Waals surface area contributed by atoms with Gasteiger partial charge in [0.1, 0.15) is 6.04 Å². The third kappa shape index (κ3) is 4.04. The van der Waals surface area contributed by atoms with Crippen molar-refractivity contribution < 1.29 is 14.1 Å². The number of nitrogens with one attached hydrogen (secondary N) is 1. The number of nitrogens with two attached hydrogens (primary N) is 1. The van der Waals surface area contributed by atoms with Crippen LogP contribution < -0.4 is 5.73 Å². The zero-order valence-corrected chi connectivity index (χ0v) is 13.3. The van der Waals surface area contributed by atoms with Gasteiger partial charge in [0.25, 0.3) is 0 Å². The number of aliphatic carboxylic acids is 1. The predicted molar refractivity (Wildman–Crippen MR) is 85.2 cm³/mol. The minimum atomic E-state index is -2.80. The SMILES string of the molecule is N=[S@](=O)(CC[C@H](N)C(=O)O)CCC1(c2ccccn2)CCC1. The van der Waals surface area contributed by atoms with Crippen LogP contribution in [-0.4, -0.2) is 37.8 Å². The molecule has 0 radical (unpaired) electrons. The summed E-state index contributed by atoms with van der Waals surface area (Å²) < 4.78 is 20.3. The highest BCUT2D eigenvalue weighted by Gasteiger charge is 2.40. The Bertz CT molecular complexity index is 612. The fourth-order valence-electron chi connectivity index (χ4n) is 2.82. The van der Waals surface area contributed by atoms with E-state index >= 15 is 0 Å². The monoisotopic (exact) mass is 325 g/mol. The summed E-state index contributed by atoms with van der Waals surface area (Å²) in [6.07, 6.45) is 5.64. The van der Waals surface area contributed by atoms with E-state index in [1.807, 2.05) is 18.2 Å². The maximum atomic E-state index is 12.3. The molecule has 4 N–H and O–H groups in total. The third-order valence-corrected chi connectivity index (χ3v) is 6.26. The molecule has 6 nitrogen and oxygen atoms in total. The lowest BCUT2D eigenvalue weighted by atomic mass is 9.65. The largest absolute Gasteiger partial charge is 0.480 e. The average Bonchev–Trinajstić information content (AvgIpc) is 2.44. The second kappa shape index (κ2) is 6.75. The van der Waals surface area contributed by atoms with Crippen molar-refractivity contribution >= 4 is 15.7 Å². The van der Waals surface area contributed by atoms with Crippen molar-refractivity contribution in [1.82, 2.24) is 4.98 Å². The van der Waals surface area contributed by atoms with E-state index in [0.29, 0.717) is 6.42 Å². The molecule has 1 heterocycles. The molecular formula is C15H23N3O3S. The molecule has 7 heteroatoms. The normalized spacial score (nSPS) is 20.6. The first-order valence-corrected chi connectivity index (χ1v) is 9.38. The van der Waals surface area contributed by atoms with E-state index in [1.54, 1.807) is 6.20 Å². The van der Waals surface area contributed by atoms with Crippen molar-refractivity contribution in [3.8, 4) is 0 Å². The number of carbonyl (C=O) groups is 1. The number of hydrogen-bond donors (Lipinski definition) is 3. The minimum Gasteiger partial charge on any atom is -0.480 e. The van der Waals surface area contributed by atoms with Gasteiger partial charge in [0, 0.05) is 38.5 Å². The molecule has 1 aromatic rings. The standard InChI is InChI=1S/C15H23N3O3S/c16-12(14(19)20)5-10-22(17,21)11-8-15(6-3-7-15)13-4-1-2-9-18-13/h1-2,4,9,12,17H,3,5-8,10-11,16H2,(H,19,20)/t12-,22-/m0/s1. The Balaban J connectivity index is 1.94. The Morgan fingerprint density at radius 2 is 2.18 bits per heavy atom. The molecule has 0 spiro atoms. The van der Waals surface area contributed by atoms with Crippen molar-refractivity contribution in [2.45, 2.75) is 43.6 Å². The third-order valence-electron chi connectivity index (χ3n) is 4.51. The van der Waals surface area contributed by atoms with E-state index in [4.69, 9.17) is 15.6 Å². The van der Waals surface area contributed by atoms with Crippen molar-refractivity contribution in [3.05, 3.63) is 30.1 Å². The van der Waals surface area contributed by atoms with Gasteiger partial charge in [-0.15, -0.1) is 0 Å². The van der Waals surface area contributed by atoms with Crippen LogP contribution in [0.2, 0.25) is 0 Å². The van der Waals surface area contributed by atoms with Crippen LogP contribution in [-0.2, 0) is 19.9 Å². The molecule has 2 rings (SSSR count). The summed E-state index contributed by atoms with van der Waals surface area (Å²) in [5.74, 6) is -0.798. The minimum absolute atomic E-state index is 0.0404. The molecule has 0 bridgehead atoms. The molecule has 0 aromatic carbocycles. The summed E-state index contributed by atoms with van der Waals surface area (Å²) in [6.45, 7) is 0. The van der Waals surface area contributed by atoms with Crippen LogP contribution in [0.25, 0.3) is 0 Å². The number of hydrogen-bond acceptors (Lipinski definition) is 5. The quantitative estimate of drug-likeness (QED) is 0.673. The Morgan fingerprint density at radius 1 is 1.45 bits per heavy atom. The number of rotatable bonds is 8. The fraction of sp³-hybridized carbons (Fsp3) is 0.600. The average molecular weight is 325 g/mol. The first-order valence-electron chi connectivity index (χ1n) is 7.49. The van der Waals surface area contributed by atoms with Crippen LogP contribution in [0.15, 0.2) is 24.4 Å². The maximum absolute atomic E-state index is 12.3. The smallest absolute Gasteiger partial charge is 0.320 e. The number of pyridine rings is 1. The van der Waals surface area contributed by atoms with E-state index in [2.05, 4.69) is 4.98 Å². The summed E-state index contributed by atoms with van der Waals surface area (Å²) in [6, 6.07) is 4.77. The summed E-state index contributed by atoms with van der Waals surface area (Å²) in [7, 11) is -2.80. The summed E-state index contributed by atoms with van der Waals surface area (Å²) in [4.78, 5) is 15.1. The van der Waals surface area contributed by atoms with Gasteiger partial charge in [-0.1, -0.05) is 12.5 Å². The topological polar surface area (TPSA) is 117 Å². The van der Waals surface area contributed by atoms with Gasteiger partial charge in [0.2, 0.25) is 0 Å². The van der Waals surface area contributed by atoms with Crippen LogP contribution in [0.4, 0.5) is 0 Å². The molecule has 1 saturated carbocycles. The molecule has 1 aliphatic rings. The highest BCUT2D eigenvalue weighted by molar-refractivity contribution is 7.92. The lowest BCUT2D eigenvalue weighted by molar-refractivity contribution is -0.138. The second-order valence-corrected chi connectivity index (χ2v) is 8.49. The van der Waals surface area contributed by atoms with E-state index in [9.17, 15) is 9.00 Å². The van der Waals surface area contributed by atoms with E-state index in [0.717, 1.165) is 25.0 Å². The van der Waals surface area contributed by atoms with E-state index < -0.39 is 21.7 Å². The Hall–Kier alpha value is -1.47. The molecule has 22 heavy (non-hydrogen) atoms. The molecule has 122 valence electrons. The van der Waals surface area contributed by atoms with Crippen molar-refractivity contribution in [1.29, 1.82) is 4.78 Å². The summed E-state index contributed by atoms with van der Waals surface area (Å²) >= 11 is 0. The van der Waals surface area contributed by atoms with Gasteiger partial charge in [-0.05, 0) is 37.8 Å². The molecule has 0 aliphatic heterocycles. The first kappa shape index (κ1) is 16.9. The van der Waals surface area contributed by atoms with Crippen LogP contribution >= 0.6 is 0 Å². The van der Waals surface area contributed by atoms with Crippen LogP contribution in [0.3, 0.4) is 0 Å². The number of carboxylic acid groups (broad SMARTS) is 1. The van der Waals surface area contributed by atoms with Gasteiger partial charge in [-0.3, -0.25) is 14.6 Å². The van der Waals surface area contributed by atoms with Gasteiger partial charge in [0.15, 0.2) is 0 Å². The Morgan fingerprint density at radius 3 is 2.68 bits per heavy atom. The molecule has 2 atom stereocenters. The van der Waals surface area contributed by atoms with Crippen LogP contribution in [0, 0.1) is 4.78 Å². The van der Waals surface area contributed by atoms with Crippen LogP contribution in [0.1, 0.15) is 37.8 Å². The Labute approximate surface area is 131 Å². The summed E-state index contributed by atoms with van der Waals surface area (Å²) in [5.41, 5.74) is 6.37. The zero-order valence-electron chi connectivity index (χ0n) is 12.5. The van der Waals surface area contributed by atoms with E-state index in [1.165, 1.54) is 0 Å². The zero-order chi connectivity index (χ0) is 16.2. The van der Waals surface area contributed by atoms with E-state index in [-0.39, 0.29) is 23.3 Å². The lowest BCUT2D eigenvalue weighted by Gasteiger charge is -2.41. The van der Waals surface area contributed by atoms with Gasteiger partial charge in [-0.25, -0.2) is 4.21 Å². The predicted octanol–water partition coefficient (Wildman–Crippen LogP) is 1.74. The molecule has 0 amide bonds. The van der Waals surface area contributed by atoms with Crippen molar-refractivity contribution in [3.63, 3.8) is 0 Å². The summed E-state index contributed by atoms with van der Waals surface area (Å²) in [5, 5.41) is 8.75. The lowest BCUT2D eigenvalue weighted by Crippen LogP contribution is -2.37. The number of nitrogens with zero attached hydrogens (tertiary/aromatic N) is 1. The van der Waals surface area contributed by atoms with Gasteiger partial charge >= 0.3 is 5.97 Å². The molecule has 1 aliphatic carbocycles. The van der Waals surface area contributed by atoms with Crippen molar-refractivity contribution in [2.24, 2.45) is 5.73 Å². The molecule has 0 unspecified atom stereocenters. The highest BCUT2D eigenvalue weighted by Crippen LogP contribution is 2.45. The number of carboxylic acids is 1. The maximum Gasteiger partial charge on any atom is 0.320 e. The van der Waals surface area contributed by atoms with Gasteiger partial charge in [0.05, 0.1) is 0 Å². The van der Waals surface area contributed by atoms with Gasteiger partial charge in [-0.2, -0.15) is 0 Å². The van der Waals surface area contributed by atoms with Gasteiger partial charge < -0.3 is 10.8 Å². The fourth-order valence-corrected chi connectivity index (χ4v) is 4.38. The second-order valence-electron chi connectivity index (χ2n) is 6.05. The molecular weight excluding hydrogens is 302 g/mol. The Kier molecular flexibility index (Phi) is 5.18. The molecule has 1 fully saturated rings. The van der Waals surface area contributed by atoms with Crippen molar-refractivity contribution in [2.75, 3.05) is 11.5 Å². The molecule has 0 saturated heterocycles. The first-order chi connectivity index (χ1) is 10.3. The molecule has 1 aromatic heterocycles. The highest BCUT2D eigenvalue weighted by atomic mass is 32.2. The number of aromatic nitrogens is 1.